The average molecular weight is 290 g/mol. The lowest BCUT2D eigenvalue weighted by atomic mass is 10.1. The smallest absolute Gasteiger partial charge is 0.115 e. The maximum Gasteiger partial charge on any atom is 0.115 e. The van der Waals surface area contributed by atoms with Gasteiger partial charge in [-0.25, -0.2) is 4.68 Å². The van der Waals surface area contributed by atoms with E-state index in [9.17, 15) is 5.11 Å². The number of aromatic hydroxyl groups is 1. The highest BCUT2D eigenvalue weighted by Crippen LogP contribution is 2.12. The zero-order valence-corrected chi connectivity index (χ0v) is 12.2. The number of rotatable bonds is 8. The molecular weight excluding hydrogens is 268 g/mol. The fraction of sp³-hybridized carbons (Fsp3) is 0.467. The van der Waals surface area contributed by atoms with Gasteiger partial charge in [0.2, 0.25) is 0 Å². The minimum Gasteiger partial charge on any atom is -0.508 e. The molecule has 3 N–H and O–H groups in total. The first-order chi connectivity index (χ1) is 10.2. The number of phenolic OH excluding ortho intramolecular Hbond substituents is 1. The molecule has 0 amide bonds. The number of aryl methyl sites for hydroxylation is 1. The molecule has 1 unspecified atom stereocenters. The van der Waals surface area contributed by atoms with E-state index in [0.29, 0.717) is 24.9 Å². The highest BCUT2D eigenvalue weighted by molar-refractivity contribution is 5.25. The Kier molecular flexibility index (Phi) is 5.71. The first kappa shape index (κ1) is 15.5. The Morgan fingerprint density at radius 3 is 2.76 bits per heavy atom. The minimum atomic E-state index is 0.0687. The molecule has 114 valence electrons. The second-order valence-electron chi connectivity index (χ2n) is 5.18. The highest BCUT2D eigenvalue weighted by Gasteiger charge is 2.05. The molecule has 0 saturated heterocycles. The normalized spacial score (nSPS) is 12.5. The lowest BCUT2D eigenvalue weighted by Crippen LogP contribution is -2.26. The number of hydrogen-bond donors (Lipinski definition) is 3. The van der Waals surface area contributed by atoms with Crippen molar-refractivity contribution in [1.82, 2.24) is 20.3 Å². The van der Waals surface area contributed by atoms with Crippen molar-refractivity contribution in [2.24, 2.45) is 0 Å². The van der Waals surface area contributed by atoms with E-state index in [1.54, 1.807) is 16.8 Å². The number of phenols is 1. The predicted octanol–water partition coefficient (Wildman–Crippen LogP) is 1.09. The number of benzene rings is 1. The number of aliphatic hydroxyl groups excluding tert-OH is 1. The third-order valence-electron chi connectivity index (χ3n) is 3.35. The SMILES string of the molecule is CC(CCc1ccc(O)cc1)NCc1cn(CCO)nn1. The summed E-state index contributed by atoms with van der Waals surface area (Å²) in [7, 11) is 0. The zero-order valence-electron chi connectivity index (χ0n) is 12.2. The van der Waals surface area contributed by atoms with Gasteiger partial charge in [-0.3, -0.25) is 0 Å². The van der Waals surface area contributed by atoms with E-state index in [2.05, 4.69) is 22.6 Å². The van der Waals surface area contributed by atoms with Gasteiger partial charge in [0.1, 0.15) is 5.75 Å². The number of nitrogens with zero attached hydrogens (tertiary/aromatic N) is 3. The molecule has 6 heteroatoms. The zero-order chi connectivity index (χ0) is 15.1. The predicted molar refractivity (Wildman–Crippen MR) is 79.8 cm³/mol. The van der Waals surface area contributed by atoms with Crippen molar-refractivity contribution in [3.63, 3.8) is 0 Å². The molecule has 1 heterocycles. The number of hydrogen-bond acceptors (Lipinski definition) is 5. The third kappa shape index (κ3) is 5.17. The van der Waals surface area contributed by atoms with Gasteiger partial charge in [0, 0.05) is 18.8 Å². The molecule has 0 fully saturated rings. The lowest BCUT2D eigenvalue weighted by Gasteiger charge is -2.12. The molecule has 0 bridgehead atoms. The van der Waals surface area contributed by atoms with E-state index < -0.39 is 0 Å². The second-order valence-corrected chi connectivity index (χ2v) is 5.18. The van der Waals surface area contributed by atoms with Gasteiger partial charge in [-0.1, -0.05) is 17.3 Å². The van der Waals surface area contributed by atoms with Crippen molar-refractivity contribution in [3.05, 3.63) is 41.7 Å². The van der Waals surface area contributed by atoms with Crippen LogP contribution >= 0.6 is 0 Å². The van der Waals surface area contributed by atoms with Crippen LogP contribution in [0.25, 0.3) is 0 Å². The summed E-state index contributed by atoms with van der Waals surface area (Å²) in [6.07, 6.45) is 3.82. The monoisotopic (exact) mass is 290 g/mol. The summed E-state index contributed by atoms with van der Waals surface area (Å²) in [6, 6.07) is 7.69. The van der Waals surface area contributed by atoms with Gasteiger partial charge < -0.3 is 15.5 Å². The molecule has 0 aliphatic heterocycles. The molecule has 21 heavy (non-hydrogen) atoms. The summed E-state index contributed by atoms with van der Waals surface area (Å²) in [5.41, 5.74) is 2.09. The maximum absolute atomic E-state index is 9.24. The average Bonchev–Trinajstić information content (AvgIpc) is 2.93. The van der Waals surface area contributed by atoms with Crippen molar-refractivity contribution in [1.29, 1.82) is 0 Å². The maximum atomic E-state index is 9.24. The van der Waals surface area contributed by atoms with Crippen LogP contribution in [-0.2, 0) is 19.5 Å². The topological polar surface area (TPSA) is 83.2 Å². The Morgan fingerprint density at radius 1 is 1.29 bits per heavy atom. The molecule has 1 aromatic heterocycles. The molecule has 0 aliphatic carbocycles. The van der Waals surface area contributed by atoms with E-state index in [-0.39, 0.29) is 6.61 Å². The summed E-state index contributed by atoms with van der Waals surface area (Å²) in [5.74, 6) is 0.302. The van der Waals surface area contributed by atoms with Crippen LogP contribution in [0.1, 0.15) is 24.6 Å². The summed E-state index contributed by atoms with van der Waals surface area (Å²) in [4.78, 5) is 0. The van der Waals surface area contributed by atoms with E-state index >= 15 is 0 Å². The van der Waals surface area contributed by atoms with Crippen molar-refractivity contribution >= 4 is 0 Å². The largest absolute Gasteiger partial charge is 0.508 e. The van der Waals surface area contributed by atoms with Crippen LogP contribution in [0, 0.1) is 0 Å². The summed E-state index contributed by atoms with van der Waals surface area (Å²) in [5, 5.41) is 29.4. The Hall–Kier alpha value is -1.92. The number of aromatic nitrogens is 3. The fourth-order valence-corrected chi connectivity index (χ4v) is 2.06. The van der Waals surface area contributed by atoms with Crippen LogP contribution in [0.5, 0.6) is 5.75 Å². The molecular formula is C15H22N4O2. The molecule has 6 nitrogen and oxygen atoms in total. The van der Waals surface area contributed by atoms with Gasteiger partial charge in [-0.2, -0.15) is 0 Å². The molecule has 0 saturated carbocycles. The van der Waals surface area contributed by atoms with E-state index in [0.717, 1.165) is 18.5 Å². The number of aliphatic hydroxyl groups is 1. The van der Waals surface area contributed by atoms with E-state index in [4.69, 9.17) is 5.11 Å². The summed E-state index contributed by atoms with van der Waals surface area (Å²) < 4.78 is 1.64. The van der Waals surface area contributed by atoms with Crippen molar-refractivity contribution in [3.8, 4) is 5.75 Å². The molecule has 0 radical (unpaired) electrons. The molecule has 0 aliphatic rings. The van der Waals surface area contributed by atoms with Crippen LogP contribution < -0.4 is 5.32 Å². The summed E-state index contributed by atoms with van der Waals surface area (Å²) >= 11 is 0. The Labute approximate surface area is 124 Å². The molecule has 0 spiro atoms. The quantitative estimate of drug-likeness (QED) is 0.678. The van der Waals surface area contributed by atoms with Crippen LogP contribution in [0.4, 0.5) is 0 Å². The first-order valence-corrected chi connectivity index (χ1v) is 7.18. The highest BCUT2D eigenvalue weighted by atomic mass is 16.3. The van der Waals surface area contributed by atoms with Gasteiger partial charge in [0.05, 0.1) is 18.8 Å². The molecule has 2 aromatic rings. The Morgan fingerprint density at radius 2 is 2.05 bits per heavy atom. The Bertz CT molecular complexity index is 539. The standard InChI is InChI=1S/C15H22N4O2/c1-12(2-3-13-4-6-15(21)7-5-13)16-10-14-11-19(8-9-20)18-17-14/h4-7,11-12,16,20-21H,2-3,8-10H2,1H3. The van der Waals surface area contributed by atoms with Gasteiger partial charge in [-0.15, -0.1) is 5.10 Å². The second kappa shape index (κ2) is 7.75. The van der Waals surface area contributed by atoms with Gasteiger partial charge in [-0.05, 0) is 37.5 Å². The number of nitrogens with one attached hydrogen (secondary N) is 1. The van der Waals surface area contributed by atoms with Crippen LogP contribution in [0.2, 0.25) is 0 Å². The van der Waals surface area contributed by atoms with Crippen LogP contribution in [-0.4, -0.2) is 37.9 Å². The van der Waals surface area contributed by atoms with Crippen LogP contribution in [0.3, 0.4) is 0 Å². The van der Waals surface area contributed by atoms with Crippen molar-refractivity contribution < 1.29 is 10.2 Å². The van der Waals surface area contributed by atoms with Crippen molar-refractivity contribution in [2.45, 2.75) is 38.9 Å². The lowest BCUT2D eigenvalue weighted by molar-refractivity contribution is 0.268. The molecule has 1 atom stereocenters. The molecule has 2 rings (SSSR count). The van der Waals surface area contributed by atoms with Gasteiger partial charge in [0.15, 0.2) is 0 Å². The first-order valence-electron chi connectivity index (χ1n) is 7.18. The van der Waals surface area contributed by atoms with Gasteiger partial charge in [0.25, 0.3) is 0 Å². The summed E-state index contributed by atoms with van der Waals surface area (Å²) in [6.45, 7) is 3.35. The Balaban J connectivity index is 1.71. The van der Waals surface area contributed by atoms with Crippen molar-refractivity contribution in [2.75, 3.05) is 6.61 Å². The van der Waals surface area contributed by atoms with Crippen LogP contribution in [0.15, 0.2) is 30.5 Å². The third-order valence-corrected chi connectivity index (χ3v) is 3.35. The molecule has 1 aromatic carbocycles. The van der Waals surface area contributed by atoms with E-state index in [1.807, 2.05) is 18.3 Å². The van der Waals surface area contributed by atoms with Gasteiger partial charge >= 0.3 is 0 Å². The fourth-order valence-electron chi connectivity index (χ4n) is 2.06. The minimum absolute atomic E-state index is 0.0687. The van der Waals surface area contributed by atoms with E-state index in [1.165, 1.54) is 5.56 Å².